The SMILES string of the molecule is CCc1cc2c(cc1N1CCC(CC3CCCC3)CC1)C(C)(C)C1=C(C2=O)c2ccc(C#N)cc2C1. The molecule has 3 aliphatic carbocycles. The fourth-order valence-corrected chi connectivity index (χ4v) is 7.63. The van der Waals surface area contributed by atoms with Crippen molar-refractivity contribution in [3.05, 3.63) is 69.3 Å². The minimum atomic E-state index is -0.216. The quantitative estimate of drug-likeness (QED) is 0.460. The Bertz CT molecular complexity index is 1290. The summed E-state index contributed by atoms with van der Waals surface area (Å²) >= 11 is 0. The Morgan fingerprint density at radius 2 is 1.72 bits per heavy atom. The van der Waals surface area contributed by atoms with Gasteiger partial charge in [-0.1, -0.05) is 52.5 Å². The largest absolute Gasteiger partial charge is 0.371 e. The third-order valence-electron chi connectivity index (χ3n) is 9.77. The summed E-state index contributed by atoms with van der Waals surface area (Å²) in [7, 11) is 0. The topological polar surface area (TPSA) is 44.1 Å². The number of nitriles is 1. The van der Waals surface area contributed by atoms with Crippen LogP contribution in [0.25, 0.3) is 5.57 Å². The Kier molecular flexibility index (Phi) is 5.83. The van der Waals surface area contributed by atoms with Crippen molar-refractivity contribution in [2.75, 3.05) is 18.0 Å². The lowest BCUT2D eigenvalue weighted by Crippen LogP contribution is -2.36. The number of rotatable bonds is 4. The van der Waals surface area contributed by atoms with E-state index in [0.29, 0.717) is 5.56 Å². The van der Waals surface area contributed by atoms with Crippen molar-refractivity contribution in [3.8, 4) is 6.07 Å². The number of piperidine rings is 1. The number of allylic oxidation sites excluding steroid dienone is 2. The highest BCUT2D eigenvalue weighted by Gasteiger charge is 2.43. The van der Waals surface area contributed by atoms with Crippen molar-refractivity contribution in [1.29, 1.82) is 5.26 Å². The van der Waals surface area contributed by atoms with Gasteiger partial charge in [-0.05, 0) is 96.0 Å². The number of ketones is 1. The number of hydrogen-bond acceptors (Lipinski definition) is 3. The Hall–Kier alpha value is -2.86. The third kappa shape index (κ3) is 3.73. The zero-order valence-corrected chi connectivity index (χ0v) is 22.1. The van der Waals surface area contributed by atoms with Crippen molar-refractivity contribution in [2.45, 2.75) is 84.0 Å². The van der Waals surface area contributed by atoms with Crippen LogP contribution in [0.1, 0.15) is 104 Å². The number of Topliss-reactive ketones (excluding diaryl/α,β-unsaturated/α-hetero) is 1. The van der Waals surface area contributed by atoms with E-state index in [1.54, 1.807) is 0 Å². The standard InChI is InChI=1S/C33H38N2O/c1-4-24-17-27-28(19-30(24)35-13-11-22(12-14-35)15-21-7-5-6-8-21)33(2,3)29-18-25-16-23(20-34)9-10-26(25)31(29)32(27)36/h9-10,16-17,19,21-22H,4-8,11-15,18H2,1-3H3. The van der Waals surface area contributed by atoms with E-state index in [0.717, 1.165) is 60.0 Å². The lowest BCUT2D eigenvalue weighted by molar-refractivity contribution is 0.105. The second-order valence-corrected chi connectivity index (χ2v) is 12.2. The van der Waals surface area contributed by atoms with Crippen molar-refractivity contribution in [2.24, 2.45) is 11.8 Å². The molecule has 36 heavy (non-hydrogen) atoms. The maximum Gasteiger partial charge on any atom is 0.193 e. The van der Waals surface area contributed by atoms with Gasteiger partial charge in [0.25, 0.3) is 0 Å². The molecule has 2 fully saturated rings. The van der Waals surface area contributed by atoms with Crippen LogP contribution in [0.3, 0.4) is 0 Å². The maximum atomic E-state index is 13.9. The number of hydrogen-bond donors (Lipinski definition) is 0. The van der Waals surface area contributed by atoms with Gasteiger partial charge in [0, 0.05) is 35.3 Å². The highest BCUT2D eigenvalue weighted by atomic mass is 16.1. The maximum absolute atomic E-state index is 13.9. The summed E-state index contributed by atoms with van der Waals surface area (Å²) in [6.07, 6.45) is 11.5. The van der Waals surface area contributed by atoms with E-state index in [2.05, 4.69) is 43.9 Å². The molecule has 2 aromatic carbocycles. The van der Waals surface area contributed by atoms with Crippen LogP contribution in [0, 0.1) is 23.2 Å². The first-order chi connectivity index (χ1) is 17.4. The highest BCUT2D eigenvalue weighted by Crippen LogP contribution is 2.51. The molecule has 1 aliphatic heterocycles. The Morgan fingerprint density at radius 3 is 2.42 bits per heavy atom. The summed E-state index contributed by atoms with van der Waals surface area (Å²) < 4.78 is 0. The molecule has 4 aliphatic rings. The molecule has 0 amide bonds. The van der Waals surface area contributed by atoms with Gasteiger partial charge < -0.3 is 4.90 Å². The molecule has 6 rings (SSSR count). The van der Waals surface area contributed by atoms with Crippen LogP contribution < -0.4 is 4.90 Å². The third-order valence-corrected chi connectivity index (χ3v) is 9.77. The second-order valence-electron chi connectivity index (χ2n) is 12.2. The van der Waals surface area contributed by atoms with E-state index < -0.39 is 0 Å². The van der Waals surface area contributed by atoms with E-state index in [1.807, 2.05) is 18.2 Å². The zero-order valence-electron chi connectivity index (χ0n) is 22.1. The molecule has 0 unspecified atom stereocenters. The summed E-state index contributed by atoms with van der Waals surface area (Å²) in [5.74, 6) is 2.03. The molecule has 3 heteroatoms. The number of nitrogens with zero attached hydrogens (tertiary/aromatic N) is 2. The molecular formula is C33H38N2O. The number of anilines is 1. The number of aryl methyl sites for hydroxylation is 1. The van der Waals surface area contributed by atoms with E-state index in [-0.39, 0.29) is 11.2 Å². The first-order valence-corrected chi connectivity index (χ1v) is 14.1. The summed E-state index contributed by atoms with van der Waals surface area (Å²) in [4.78, 5) is 16.5. The summed E-state index contributed by atoms with van der Waals surface area (Å²) in [6, 6.07) is 12.7. The van der Waals surface area contributed by atoms with Gasteiger partial charge in [0.1, 0.15) is 0 Å². The minimum Gasteiger partial charge on any atom is -0.371 e. The Morgan fingerprint density at radius 1 is 1.00 bits per heavy atom. The van der Waals surface area contributed by atoms with Gasteiger partial charge >= 0.3 is 0 Å². The Balaban J connectivity index is 1.31. The van der Waals surface area contributed by atoms with Gasteiger partial charge in [0.2, 0.25) is 0 Å². The minimum absolute atomic E-state index is 0.166. The van der Waals surface area contributed by atoms with Gasteiger partial charge in [-0.25, -0.2) is 0 Å². The zero-order chi connectivity index (χ0) is 25.0. The van der Waals surface area contributed by atoms with Crippen LogP contribution in [0.5, 0.6) is 0 Å². The molecule has 3 nitrogen and oxygen atoms in total. The fourth-order valence-electron chi connectivity index (χ4n) is 7.63. The molecule has 186 valence electrons. The number of carbonyl (C=O) groups is 1. The average Bonchev–Trinajstić information content (AvgIpc) is 3.55. The summed E-state index contributed by atoms with van der Waals surface area (Å²) in [5.41, 5.74) is 9.41. The molecule has 0 N–H and O–H groups in total. The van der Waals surface area contributed by atoms with Crippen molar-refractivity contribution < 1.29 is 4.79 Å². The molecule has 0 spiro atoms. The van der Waals surface area contributed by atoms with Gasteiger partial charge in [-0.2, -0.15) is 5.26 Å². The van der Waals surface area contributed by atoms with Gasteiger partial charge in [0.15, 0.2) is 5.78 Å². The summed E-state index contributed by atoms with van der Waals surface area (Å²) in [5, 5.41) is 9.39. The van der Waals surface area contributed by atoms with E-state index in [9.17, 15) is 10.1 Å². The molecular weight excluding hydrogens is 440 g/mol. The lowest BCUT2D eigenvalue weighted by Gasteiger charge is -2.39. The van der Waals surface area contributed by atoms with Crippen LogP contribution in [-0.2, 0) is 18.3 Å². The van der Waals surface area contributed by atoms with E-state index >= 15 is 0 Å². The molecule has 0 atom stereocenters. The predicted molar refractivity (Wildman–Crippen MR) is 146 cm³/mol. The van der Waals surface area contributed by atoms with Crippen LogP contribution in [-0.4, -0.2) is 18.9 Å². The molecule has 0 aromatic heterocycles. The molecule has 1 heterocycles. The van der Waals surface area contributed by atoms with E-state index in [4.69, 9.17) is 0 Å². The van der Waals surface area contributed by atoms with Crippen LogP contribution in [0.2, 0.25) is 0 Å². The van der Waals surface area contributed by atoms with Crippen LogP contribution in [0.4, 0.5) is 5.69 Å². The van der Waals surface area contributed by atoms with Gasteiger partial charge in [-0.15, -0.1) is 0 Å². The molecule has 1 saturated heterocycles. The molecule has 2 aromatic rings. The van der Waals surface area contributed by atoms with Crippen LogP contribution >= 0.6 is 0 Å². The lowest BCUT2D eigenvalue weighted by atomic mass is 9.68. The number of benzene rings is 2. The first-order valence-electron chi connectivity index (χ1n) is 14.1. The highest BCUT2D eigenvalue weighted by molar-refractivity contribution is 6.33. The molecule has 0 bridgehead atoms. The smallest absolute Gasteiger partial charge is 0.193 e. The number of fused-ring (bicyclic) bond motifs is 3. The first kappa shape index (κ1) is 23.5. The van der Waals surface area contributed by atoms with Crippen molar-refractivity contribution in [3.63, 3.8) is 0 Å². The second kappa shape index (κ2) is 8.91. The Labute approximate surface area is 216 Å². The normalized spacial score (nSPS) is 21.4. The fraction of sp³-hybridized carbons (Fsp3) is 0.515. The van der Waals surface area contributed by atoms with Crippen LogP contribution in [0.15, 0.2) is 35.9 Å². The van der Waals surface area contributed by atoms with Crippen molar-refractivity contribution in [1.82, 2.24) is 0 Å². The van der Waals surface area contributed by atoms with Gasteiger partial charge in [0.05, 0.1) is 11.6 Å². The van der Waals surface area contributed by atoms with E-state index in [1.165, 1.54) is 67.3 Å². The van der Waals surface area contributed by atoms with Crippen molar-refractivity contribution >= 4 is 17.0 Å². The monoisotopic (exact) mass is 478 g/mol. The van der Waals surface area contributed by atoms with Gasteiger partial charge in [-0.3, -0.25) is 4.79 Å². The molecule has 0 radical (unpaired) electrons. The molecule has 1 saturated carbocycles. The number of carbonyl (C=O) groups excluding carboxylic acids is 1. The average molecular weight is 479 g/mol. The predicted octanol–water partition coefficient (Wildman–Crippen LogP) is 7.40. The summed E-state index contributed by atoms with van der Waals surface area (Å²) in [6.45, 7) is 9.05.